The summed E-state index contributed by atoms with van der Waals surface area (Å²) in [6.45, 7) is 3.17. The van der Waals surface area contributed by atoms with Crippen LogP contribution in [0.15, 0.2) is 97.2 Å². The first-order valence-corrected chi connectivity index (χ1v) is 15.4. The molecule has 0 aliphatic heterocycles. The first kappa shape index (κ1) is 33.1. The van der Waals surface area contributed by atoms with E-state index in [1.807, 2.05) is 37.3 Å². The number of carbonyl (C=O) groups is 3. The van der Waals surface area contributed by atoms with Crippen molar-refractivity contribution < 1.29 is 19.1 Å². The van der Waals surface area contributed by atoms with Crippen LogP contribution in [0.25, 0.3) is 17.0 Å². The van der Waals surface area contributed by atoms with Gasteiger partial charge < -0.3 is 15.0 Å². The zero-order valence-electron chi connectivity index (χ0n) is 25.9. The largest absolute Gasteiger partial charge is 0.487 e. The molecule has 3 aromatic carbocycles. The highest BCUT2D eigenvalue weighted by Gasteiger charge is 2.20. The van der Waals surface area contributed by atoms with Crippen LogP contribution in [-0.2, 0) is 21.0 Å². The average Bonchev–Trinajstić information content (AvgIpc) is 3.07. The summed E-state index contributed by atoms with van der Waals surface area (Å²) in [5.74, 6) is 0.0707. The predicted molar refractivity (Wildman–Crippen MR) is 186 cm³/mol. The van der Waals surface area contributed by atoms with Crippen LogP contribution in [0.5, 0.6) is 5.75 Å². The Balaban J connectivity index is 1.19. The van der Waals surface area contributed by atoms with Crippen molar-refractivity contribution in [1.29, 1.82) is 0 Å². The standard InChI is InChI=1S/C36H31Cl2N5O4/c1-23-10-14-26-7-6-8-31(36(26)41-23)47-22-28-29(37)17-18-30(35(28)38)42(3)34(46)21-40-33(45)19-13-25-11-15-27(16-12-25)43(24(2)44)32-9-4-5-20-39-32/h4-20H,21-22H2,1-3H3,(H,40,45). The summed E-state index contributed by atoms with van der Waals surface area (Å²) in [6, 6.07) is 25.3. The van der Waals surface area contributed by atoms with Gasteiger partial charge in [-0.25, -0.2) is 9.97 Å². The molecule has 0 atom stereocenters. The summed E-state index contributed by atoms with van der Waals surface area (Å²) in [6.07, 6.45) is 4.56. The minimum absolute atomic E-state index is 0.0563. The molecule has 2 heterocycles. The van der Waals surface area contributed by atoms with Gasteiger partial charge in [-0.1, -0.05) is 59.6 Å². The SMILES string of the molecule is CC(=O)N(c1ccc(C=CC(=O)NCC(=O)N(C)c2ccc(Cl)c(COc3cccc4ccc(C)nc34)c2Cl)cc1)c1ccccn1. The molecule has 0 fully saturated rings. The second kappa shape index (κ2) is 14.9. The normalized spacial score (nSPS) is 11.0. The molecule has 0 radical (unpaired) electrons. The van der Waals surface area contributed by atoms with E-state index in [0.29, 0.717) is 33.5 Å². The molecule has 9 nitrogen and oxygen atoms in total. The first-order valence-electron chi connectivity index (χ1n) is 14.6. The summed E-state index contributed by atoms with van der Waals surface area (Å²) < 4.78 is 6.09. The highest BCUT2D eigenvalue weighted by atomic mass is 35.5. The number of pyridine rings is 2. The summed E-state index contributed by atoms with van der Waals surface area (Å²) in [4.78, 5) is 49.5. The lowest BCUT2D eigenvalue weighted by Gasteiger charge is -2.21. The smallest absolute Gasteiger partial charge is 0.246 e. The van der Waals surface area contributed by atoms with Crippen LogP contribution in [0.2, 0.25) is 10.0 Å². The van der Waals surface area contributed by atoms with Crippen LogP contribution in [0, 0.1) is 6.92 Å². The van der Waals surface area contributed by atoms with E-state index in [9.17, 15) is 14.4 Å². The van der Waals surface area contributed by atoms with Crippen molar-refractivity contribution in [1.82, 2.24) is 15.3 Å². The minimum atomic E-state index is -0.454. The van der Waals surface area contributed by atoms with Crippen LogP contribution in [-0.4, -0.2) is 41.3 Å². The number of aromatic nitrogens is 2. The number of aryl methyl sites for hydroxylation is 1. The van der Waals surface area contributed by atoms with Crippen molar-refractivity contribution in [2.75, 3.05) is 23.4 Å². The Bertz CT molecular complexity index is 1970. The van der Waals surface area contributed by atoms with Crippen molar-refractivity contribution in [2.45, 2.75) is 20.5 Å². The predicted octanol–water partition coefficient (Wildman–Crippen LogP) is 7.30. The average molecular weight is 669 g/mol. The first-order chi connectivity index (χ1) is 22.6. The number of hydrogen-bond acceptors (Lipinski definition) is 6. The van der Waals surface area contributed by atoms with Gasteiger partial charge in [0.15, 0.2) is 0 Å². The number of likely N-dealkylation sites (N-methyl/N-ethyl adjacent to an activating group) is 1. The van der Waals surface area contributed by atoms with Gasteiger partial charge in [0.1, 0.15) is 23.7 Å². The molecular formula is C36H31Cl2N5O4. The van der Waals surface area contributed by atoms with Gasteiger partial charge in [0.05, 0.1) is 22.9 Å². The van der Waals surface area contributed by atoms with Crippen LogP contribution >= 0.6 is 23.2 Å². The number of nitrogens with zero attached hydrogens (tertiary/aromatic N) is 4. The zero-order valence-corrected chi connectivity index (χ0v) is 27.4. The third-order valence-corrected chi connectivity index (χ3v) is 8.06. The van der Waals surface area contributed by atoms with Crippen molar-refractivity contribution >= 4 is 75.1 Å². The lowest BCUT2D eigenvalue weighted by molar-refractivity contribution is -0.122. The number of para-hydroxylation sites is 1. The fourth-order valence-electron chi connectivity index (χ4n) is 4.80. The van der Waals surface area contributed by atoms with Crippen molar-refractivity contribution in [3.05, 3.63) is 124 Å². The number of hydrogen-bond donors (Lipinski definition) is 1. The number of ether oxygens (including phenoxy) is 1. The van der Waals surface area contributed by atoms with E-state index in [2.05, 4.69) is 15.3 Å². The van der Waals surface area contributed by atoms with Gasteiger partial charge in [-0.3, -0.25) is 19.3 Å². The molecule has 0 spiro atoms. The number of benzene rings is 3. The molecule has 5 rings (SSSR count). The number of nitrogens with one attached hydrogen (secondary N) is 1. The molecule has 0 bridgehead atoms. The molecule has 1 N–H and O–H groups in total. The molecule has 0 aliphatic rings. The minimum Gasteiger partial charge on any atom is -0.487 e. The maximum atomic E-state index is 13.0. The molecular weight excluding hydrogens is 637 g/mol. The molecule has 238 valence electrons. The quantitative estimate of drug-likeness (QED) is 0.157. The zero-order chi connectivity index (χ0) is 33.5. The van der Waals surface area contributed by atoms with Gasteiger partial charge in [-0.15, -0.1) is 0 Å². The third kappa shape index (κ3) is 7.95. The summed E-state index contributed by atoms with van der Waals surface area (Å²) >= 11 is 13.2. The number of halogens is 2. The molecule has 47 heavy (non-hydrogen) atoms. The maximum Gasteiger partial charge on any atom is 0.246 e. The molecule has 2 aromatic heterocycles. The highest BCUT2D eigenvalue weighted by molar-refractivity contribution is 6.38. The van der Waals surface area contributed by atoms with E-state index in [1.54, 1.807) is 73.9 Å². The molecule has 3 amide bonds. The van der Waals surface area contributed by atoms with Gasteiger partial charge >= 0.3 is 0 Å². The van der Waals surface area contributed by atoms with E-state index >= 15 is 0 Å². The Labute approximate surface area is 282 Å². The number of fused-ring (bicyclic) bond motifs is 1. The Morgan fingerprint density at radius 1 is 0.936 bits per heavy atom. The number of anilines is 3. The van der Waals surface area contributed by atoms with E-state index in [1.165, 1.54) is 22.8 Å². The number of amides is 3. The Morgan fingerprint density at radius 3 is 2.45 bits per heavy atom. The van der Waals surface area contributed by atoms with Gasteiger partial charge in [0, 0.05) is 47.9 Å². The van der Waals surface area contributed by atoms with Gasteiger partial charge in [0.2, 0.25) is 17.7 Å². The van der Waals surface area contributed by atoms with Gasteiger partial charge in [0.25, 0.3) is 0 Å². The van der Waals surface area contributed by atoms with E-state index in [-0.39, 0.29) is 30.0 Å². The van der Waals surface area contributed by atoms with E-state index in [4.69, 9.17) is 27.9 Å². The molecule has 11 heteroatoms. The Morgan fingerprint density at radius 2 is 1.72 bits per heavy atom. The van der Waals surface area contributed by atoms with Crippen molar-refractivity contribution in [3.63, 3.8) is 0 Å². The van der Waals surface area contributed by atoms with Crippen LogP contribution in [0.4, 0.5) is 17.2 Å². The number of carbonyl (C=O) groups excluding carboxylic acids is 3. The van der Waals surface area contributed by atoms with Gasteiger partial charge in [-0.2, -0.15) is 0 Å². The van der Waals surface area contributed by atoms with Crippen LogP contribution < -0.4 is 19.9 Å². The number of rotatable bonds is 10. The van der Waals surface area contributed by atoms with E-state index in [0.717, 1.165) is 22.2 Å². The Hall–Kier alpha value is -5.25. The second-order valence-corrected chi connectivity index (χ2v) is 11.4. The lowest BCUT2D eigenvalue weighted by Crippen LogP contribution is -2.37. The molecule has 5 aromatic rings. The fourth-order valence-corrected chi connectivity index (χ4v) is 5.41. The molecule has 0 saturated heterocycles. The maximum absolute atomic E-state index is 13.0. The van der Waals surface area contributed by atoms with Gasteiger partial charge in [-0.05, 0) is 67.1 Å². The van der Waals surface area contributed by atoms with Crippen molar-refractivity contribution in [2.24, 2.45) is 0 Å². The topological polar surface area (TPSA) is 105 Å². The second-order valence-electron chi connectivity index (χ2n) is 10.6. The van der Waals surface area contributed by atoms with E-state index < -0.39 is 5.91 Å². The highest BCUT2D eigenvalue weighted by Crippen LogP contribution is 2.35. The monoisotopic (exact) mass is 667 g/mol. The summed E-state index contributed by atoms with van der Waals surface area (Å²) in [5, 5.41) is 4.20. The Kier molecular flexibility index (Phi) is 10.5. The fraction of sp³-hybridized carbons (Fsp3) is 0.139. The summed E-state index contributed by atoms with van der Waals surface area (Å²) in [7, 11) is 1.57. The van der Waals surface area contributed by atoms with Crippen LogP contribution in [0.3, 0.4) is 0 Å². The van der Waals surface area contributed by atoms with Crippen LogP contribution in [0.1, 0.15) is 23.7 Å². The summed E-state index contributed by atoms with van der Waals surface area (Å²) in [5.41, 5.74) is 3.89. The van der Waals surface area contributed by atoms with Crippen molar-refractivity contribution in [3.8, 4) is 5.75 Å². The third-order valence-electron chi connectivity index (χ3n) is 7.28. The molecule has 0 aliphatic carbocycles. The molecule has 0 unspecified atom stereocenters. The molecule has 0 saturated carbocycles. The lowest BCUT2D eigenvalue weighted by atomic mass is 10.1.